The maximum absolute atomic E-state index is 10.1. The van der Waals surface area contributed by atoms with Crippen LogP contribution in [0.3, 0.4) is 0 Å². The number of hydrogen-bond acceptors (Lipinski definition) is 7. The van der Waals surface area contributed by atoms with Crippen LogP contribution < -0.4 is 10.6 Å². The number of nitrogens with one attached hydrogen (secondary N) is 2. The lowest BCUT2D eigenvalue weighted by atomic mass is 9.98. The van der Waals surface area contributed by atoms with E-state index >= 15 is 0 Å². The summed E-state index contributed by atoms with van der Waals surface area (Å²) in [6.07, 6.45) is 7.66. The Morgan fingerprint density at radius 3 is 2.30 bits per heavy atom. The van der Waals surface area contributed by atoms with Crippen molar-refractivity contribution >= 4 is 33.9 Å². The van der Waals surface area contributed by atoms with E-state index in [2.05, 4.69) is 90.0 Å². The Morgan fingerprint density at radius 2 is 1.66 bits per heavy atom. The third-order valence-electron chi connectivity index (χ3n) is 9.20. The molecule has 0 aliphatic carbocycles. The zero-order chi connectivity index (χ0) is 33.0. The highest BCUT2D eigenvalue weighted by molar-refractivity contribution is 6.35. The summed E-state index contributed by atoms with van der Waals surface area (Å²) < 4.78 is 2.04. The fraction of sp³-hybridized carbons (Fsp3) is 0.368. The second-order valence-corrected chi connectivity index (χ2v) is 13.8. The Hall–Kier alpha value is -4.45. The van der Waals surface area contributed by atoms with Crippen LogP contribution in [0.25, 0.3) is 10.9 Å². The first-order chi connectivity index (χ1) is 22.7. The van der Waals surface area contributed by atoms with Crippen LogP contribution in [0.1, 0.15) is 93.9 Å². The van der Waals surface area contributed by atoms with Gasteiger partial charge in [0.05, 0.1) is 46.1 Å². The fourth-order valence-corrected chi connectivity index (χ4v) is 6.86. The largest absolute Gasteiger partial charge is 0.377 e. The molecule has 0 radical (unpaired) electrons. The lowest BCUT2D eigenvalue weighted by Gasteiger charge is -2.40. The summed E-state index contributed by atoms with van der Waals surface area (Å²) in [6, 6.07) is 27.0. The summed E-state index contributed by atoms with van der Waals surface area (Å²) >= 11 is 6.92. The van der Waals surface area contributed by atoms with Crippen molar-refractivity contribution < 1.29 is 0 Å². The molecule has 0 saturated carbocycles. The van der Waals surface area contributed by atoms with Gasteiger partial charge < -0.3 is 10.6 Å². The number of halogens is 1. The molecule has 0 spiro atoms. The van der Waals surface area contributed by atoms with Gasteiger partial charge in [0.25, 0.3) is 0 Å². The highest BCUT2D eigenvalue weighted by Crippen LogP contribution is 2.38. The third-order valence-corrected chi connectivity index (χ3v) is 9.49. The molecule has 2 unspecified atom stereocenters. The van der Waals surface area contributed by atoms with Crippen molar-refractivity contribution in [2.45, 2.75) is 77.0 Å². The molecule has 9 heteroatoms. The minimum atomic E-state index is -0.270. The van der Waals surface area contributed by atoms with Gasteiger partial charge in [-0.05, 0) is 63.3 Å². The number of pyridine rings is 1. The Morgan fingerprint density at radius 1 is 0.979 bits per heavy atom. The van der Waals surface area contributed by atoms with Gasteiger partial charge in [-0.2, -0.15) is 5.26 Å². The van der Waals surface area contributed by atoms with Crippen LogP contribution in [0.5, 0.6) is 0 Å². The van der Waals surface area contributed by atoms with Crippen LogP contribution in [0.4, 0.5) is 11.4 Å². The number of hydrogen-bond donors (Lipinski definition) is 2. The van der Waals surface area contributed by atoms with Gasteiger partial charge in [0.1, 0.15) is 11.8 Å². The van der Waals surface area contributed by atoms with Gasteiger partial charge in [0, 0.05) is 35.9 Å². The van der Waals surface area contributed by atoms with Crippen LogP contribution in [0.15, 0.2) is 85.2 Å². The number of piperidine rings is 1. The average molecular weight is 647 g/mol. The molecule has 6 rings (SSSR count). The van der Waals surface area contributed by atoms with E-state index in [4.69, 9.17) is 16.7 Å². The van der Waals surface area contributed by atoms with Gasteiger partial charge in [-0.25, -0.2) is 4.68 Å². The molecule has 1 aliphatic heterocycles. The van der Waals surface area contributed by atoms with Gasteiger partial charge in [0.15, 0.2) is 0 Å². The minimum absolute atomic E-state index is 0.0247. The van der Waals surface area contributed by atoms with Crippen molar-refractivity contribution in [3.05, 3.63) is 113 Å². The predicted octanol–water partition coefficient (Wildman–Crippen LogP) is 8.94. The summed E-state index contributed by atoms with van der Waals surface area (Å²) in [6.45, 7) is 11.1. The first-order valence-corrected chi connectivity index (χ1v) is 16.9. The minimum Gasteiger partial charge on any atom is -0.377 e. The van der Waals surface area contributed by atoms with Crippen LogP contribution in [0.2, 0.25) is 5.02 Å². The van der Waals surface area contributed by atoms with Gasteiger partial charge in [-0.1, -0.05) is 90.8 Å². The summed E-state index contributed by atoms with van der Waals surface area (Å²) in [4.78, 5) is 7.14. The predicted molar refractivity (Wildman–Crippen MR) is 191 cm³/mol. The Bertz CT molecular complexity index is 1830. The van der Waals surface area contributed by atoms with Crippen LogP contribution in [-0.2, 0) is 0 Å². The highest BCUT2D eigenvalue weighted by Gasteiger charge is 2.29. The molecule has 3 heterocycles. The van der Waals surface area contributed by atoms with E-state index in [9.17, 15) is 5.26 Å². The summed E-state index contributed by atoms with van der Waals surface area (Å²) in [5.74, 6) is 0. The number of anilines is 2. The quantitative estimate of drug-likeness (QED) is 0.156. The smallest absolute Gasteiger partial charge is 0.109 e. The molecule has 2 atom stereocenters. The molecule has 1 saturated heterocycles. The second-order valence-electron chi connectivity index (χ2n) is 13.4. The maximum atomic E-state index is 10.1. The van der Waals surface area contributed by atoms with E-state index in [1.54, 1.807) is 6.20 Å². The van der Waals surface area contributed by atoms with E-state index < -0.39 is 0 Å². The Balaban J connectivity index is 1.35. The molecule has 2 N–H and O–H groups in total. The molecular weight excluding hydrogens is 604 g/mol. The number of benzene rings is 3. The second kappa shape index (κ2) is 14.1. The molecule has 0 amide bonds. The van der Waals surface area contributed by atoms with Crippen molar-refractivity contribution in [2.75, 3.05) is 23.7 Å². The fourth-order valence-electron chi connectivity index (χ4n) is 6.60. The number of nitriles is 1. The number of fused-ring (bicyclic) bond motifs is 1. The average Bonchev–Trinajstić information content (AvgIpc) is 3.58. The highest BCUT2D eigenvalue weighted by atomic mass is 35.5. The molecule has 2 aromatic heterocycles. The van der Waals surface area contributed by atoms with Crippen molar-refractivity contribution in [1.29, 1.82) is 5.26 Å². The molecule has 47 heavy (non-hydrogen) atoms. The number of nitrogens with zero attached hydrogens (tertiary/aromatic N) is 6. The van der Waals surface area contributed by atoms with E-state index in [0.717, 1.165) is 66.8 Å². The van der Waals surface area contributed by atoms with Gasteiger partial charge in [-0.15, -0.1) is 5.10 Å². The molecule has 5 aromatic rings. The van der Waals surface area contributed by atoms with Crippen molar-refractivity contribution in [3.63, 3.8) is 0 Å². The Kier molecular flexibility index (Phi) is 9.76. The number of rotatable bonds is 10. The summed E-state index contributed by atoms with van der Waals surface area (Å²) in [5, 5.41) is 28.2. The zero-order valence-corrected chi connectivity index (χ0v) is 28.4. The normalized spacial score (nSPS) is 15.7. The molecule has 242 valence electrons. The summed E-state index contributed by atoms with van der Waals surface area (Å²) in [7, 11) is 0. The van der Waals surface area contributed by atoms with Crippen LogP contribution >= 0.6 is 11.6 Å². The number of likely N-dealkylation sites (tertiary alicyclic amines) is 1. The lowest BCUT2D eigenvalue weighted by molar-refractivity contribution is 0.0866. The third kappa shape index (κ3) is 7.27. The molecule has 0 bridgehead atoms. The molecule has 8 nitrogen and oxygen atoms in total. The maximum Gasteiger partial charge on any atom is 0.109 e. The topological polar surface area (TPSA) is 94.7 Å². The zero-order valence-electron chi connectivity index (χ0n) is 27.6. The lowest BCUT2D eigenvalue weighted by Crippen LogP contribution is -2.46. The van der Waals surface area contributed by atoms with Gasteiger partial charge >= 0.3 is 0 Å². The van der Waals surface area contributed by atoms with E-state index in [1.807, 2.05) is 53.2 Å². The summed E-state index contributed by atoms with van der Waals surface area (Å²) in [5.41, 5.74) is 5.88. The first kappa shape index (κ1) is 32.5. The SMILES string of the molecule is CCCC(Nc1c(C#N)cnc2c(Cl)cc(NC(c3ccccc3)c3cn(C4CCN(C(C)(C)C)CC4)nn3)cc12)c1ccccc1. The molecular formula is C38H43ClN8. The van der Waals surface area contributed by atoms with Crippen LogP contribution in [0, 0.1) is 11.3 Å². The van der Waals surface area contributed by atoms with E-state index in [1.165, 1.54) is 5.56 Å². The van der Waals surface area contributed by atoms with Gasteiger partial charge in [-0.3, -0.25) is 9.88 Å². The molecule has 1 fully saturated rings. The van der Waals surface area contributed by atoms with E-state index in [0.29, 0.717) is 22.1 Å². The molecule has 1 aliphatic rings. The Labute approximate surface area is 282 Å². The monoisotopic (exact) mass is 646 g/mol. The van der Waals surface area contributed by atoms with E-state index in [-0.39, 0.29) is 17.6 Å². The number of aromatic nitrogens is 4. The van der Waals surface area contributed by atoms with Crippen molar-refractivity contribution in [2.24, 2.45) is 0 Å². The van der Waals surface area contributed by atoms with Crippen molar-refractivity contribution in [1.82, 2.24) is 24.9 Å². The van der Waals surface area contributed by atoms with Crippen molar-refractivity contribution in [3.8, 4) is 6.07 Å². The van der Waals surface area contributed by atoms with Crippen LogP contribution in [-0.4, -0.2) is 43.5 Å². The molecule has 3 aromatic carbocycles. The first-order valence-electron chi connectivity index (χ1n) is 16.6. The standard InChI is InChI=1S/C38H43ClN8/c1-5-12-33(26-13-8-6-9-14-26)43-35-28(23-40)24-41-37-31(35)21-29(22-32(37)39)42-36(27-15-10-7-11-16-27)34-25-47(45-44-34)30-17-19-46(20-18-30)38(2,3)4/h6-11,13-16,21-22,24-25,30,33,36,42H,5,12,17-20H2,1-4H3,(H,41,43). The van der Waals surface area contributed by atoms with Gasteiger partial charge in [0.2, 0.25) is 0 Å².